The van der Waals surface area contributed by atoms with Crippen molar-refractivity contribution >= 4 is 17.7 Å². The number of aliphatic hydroxyl groups is 1. The van der Waals surface area contributed by atoms with Crippen molar-refractivity contribution in [2.75, 3.05) is 13.6 Å². The number of likely N-dealkylation sites (N-methyl/N-ethyl adjacent to an activating group) is 1. The number of esters is 1. The van der Waals surface area contributed by atoms with Gasteiger partial charge in [0.05, 0.1) is 17.4 Å². The van der Waals surface area contributed by atoms with Gasteiger partial charge >= 0.3 is 11.9 Å². The summed E-state index contributed by atoms with van der Waals surface area (Å²) >= 11 is 0. The van der Waals surface area contributed by atoms with Crippen LogP contribution in [0.5, 0.6) is 0 Å². The normalized spacial score (nSPS) is 34.3. The van der Waals surface area contributed by atoms with Gasteiger partial charge in [0.15, 0.2) is 17.4 Å². The molecule has 2 aromatic rings. The van der Waals surface area contributed by atoms with Gasteiger partial charge in [-0.05, 0) is 123 Å². The van der Waals surface area contributed by atoms with Crippen molar-refractivity contribution in [3.8, 4) is 17.7 Å². The standard InChI is InChI=1S/C46H65N7O6/c1-26(2)34-29(54)21-46(36(56)38-51-52-39(53(38)20-19-48-10)37-49-24-27(23-47)25-50-37)18-17-44(8)28(35(34)46)11-12-31-43(7)15-14-32(59-33(55)22-41(3,4)40(57)58)42(5,6)30(43)13-16-45(31,44)9/h24-26,28,30-32,36,48,56H,11-22H2,1-10H3,(H,57,58)/t28-,30+,31-,32+,36+,43+,44-,45-,46-/m1/s1. The average Bonchev–Trinajstić information content (AvgIpc) is 3.73. The number of Topliss-reactive ketones (excluding diaryl/α,β-unsaturated/α-hetero) is 1. The molecule has 2 aromatic heterocycles. The number of carbonyl (C=O) groups excluding carboxylic acids is 2. The Morgan fingerprint density at radius 3 is 2.32 bits per heavy atom. The van der Waals surface area contributed by atoms with Gasteiger partial charge in [0.1, 0.15) is 18.3 Å². The number of hydrogen-bond acceptors (Lipinski definition) is 11. The molecule has 5 aliphatic carbocycles. The minimum atomic E-state index is -1.19. The lowest BCUT2D eigenvalue weighted by Gasteiger charge is -2.72. The molecule has 0 aromatic carbocycles. The van der Waals surface area contributed by atoms with Gasteiger partial charge in [-0.25, -0.2) is 9.97 Å². The number of allylic oxidation sites excluding steroid dienone is 1. The molecule has 13 heteroatoms. The molecule has 7 rings (SSSR count). The summed E-state index contributed by atoms with van der Waals surface area (Å²) in [5.41, 5.74) is -0.130. The van der Waals surface area contributed by atoms with Crippen LogP contribution in [-0.4, -0.2) is 72.4 Å². The first-order valence-electron chi connectivity index (χ1n) is 21.8. The number of nitrogens with one attached hydrogen (secondary N) is 1. The molecule has 0 radical (unpaired) electrons. The molecule has 3 N–H and O–H groups in total. The van der Waals surface area contributed by atoms with Crippen LogP contribution in [0.25, 0.3) is 11.6 Å². The molecule has 0 spiro atoms. The molecule has 13 nitrogen and oxygen atoms in total. The van der Waals surface area contributed by atoms with E-state index in [0.29, 0.717) is 54.4 Å². The maximum atomic E-state index is 14.4. The molecule has 0 amide bonds. The zero-order valence-electron chi connectivity index (χ0n) is 36.8. The third-order valence-electron chi connectivity index (χ3n) is 17.0. The number of aromatic nitrogens is 5. The first kappa shape index (κ1) is 43.1. The smallest absolute Gasteiger partial charge is 0.309 e. The van der Waals surface area contributed by atoms with Gasteiger partial charge in [-0.1, -0.05) is 48.5 Å². The van der Waals surface area contributed by atoms with Crippen LogP contribution < -0.4 is 5.32 Å². The Kier molecular flexibility index (Phi) is 10.8. The summed E-state index contributed by atoms with van der Waals surface area (Å²) in [7, 11) is 1.86. The second-order valence-electron chi connectivity index (χ2n) is 21.0. The molecule has 0 unspecified atom stereocenters. The highest BCUT2D eigenvalue weighted by Crippen LogP contribution is 2.77. The second kappa shape index (κ2) is 14.9. The third-order valence-corrected chi connectivity index (χ3v) is 17.0. The van der Waals surface area contributed by atoms with E-state index < -0.39 is 28.9 Å². The minimum absolute atomic E-state index is 0.00246. The van der Waals surface area contributed by atoms with Crippen LogP contribution in [0.2, 0.25) is 0 Å². The first-order chi connectivity index (χ1) is 27.6. The molecule has 2 heterocycles. The molecule has 320 valence electrons. The third kappa shape index (κ3) is 6.48. The maximum Gasteiger partial charge on any atom is 0.309 e. The van der Waals surface area contributed by atoms with Crippen molar-refractivity contribution in [2.45, 2.75) is 145 Å². The van der Waals surface area contributed by atoms with Crippen molar-refractivity contribution in [3.05, 3.63) is 34.9 Å². The Hall–Kier alpha value is -4.02. The molecule has 4 saturated carbocycles. The van der Waals surface area contributed by atoms with Crippen LogP contribution in [0, 0.1) is 67.5 Å². The lowest BCUT2D eigenvalue weighted by Crippen LogP contribution is -2.66. The number of fused-ring (bicyclic) bond motifs is 7. The van der Waals surface area contributed by atoms with Crippen LogP contribution >= 0.6 is 0 Å². The number of aliphatic hydroxyl groups excluding tert-OH is 1. The van der Waals surface area contributed by atoms with Gasteiger partial charge in [-0.15, -0.1) is 10.2 Å². The van der Waals surface area contributed by atoms with E-state index in [1.54, 1.807) is 13.8 Å². The van der Waals surface area contributed by atoms with E-state index in [0.717, 1.165) is 56.1 Å². The summed E-state index contributed by atoms with van der Waals surface area (Å²) < 4.78 is 8.06. The van der Waals surface area contributed by atoms with E-state index in [2.05, 4.69) is 80.0 Å². The quantitative estimate of drug-likeness (QED) is 0.193. The topological polar surface area (TPSA) is 193 Å². The Balaban J connectivity index is 1.22. The summed E-state index contributed by atoms with van der Waals surface area (Å²) in [6, 6.07) is 2.06. The van der Waals surface area contributed by atoms with Crippen LogP contribution in [-0.2, 0) is 25.7 Å². The number of nitriles is 1. The van der Waals surface area contributed by atoms with Gasteiger partial charge in [-0.2, -0.15) is 5.26 Å². The maximum absolute atomic E-state index is 14.4. The van der Waals surface area contributed by atoms with Crippen molar-refractivity contribution in [1.82, 2.24) is 30.0 Å². The Labute approximate surface area is 349 Å². The highest BCUT2D eigenvalue weighted by molar-refractivity contribution is 6.00. The van der Waals surface area contributed by atoms with Gasteiger partial charge in [0.25, 0.3) is 0 Å². The molecule has 0 aliphatic heterocycles. The summed E-state index contributed by atoms with van der Waals surface area (Å²) in [6.07, 6.45) is 8.74. The van der Waals surface area contributed by atoms with Crippen LogP contribution in [0.3, 0.4) is 0 Å². The Morgan fingerprint density at radius 1 is 1.00 bits per heavy atom. The highest BCUT2D eigenvalue weighted by atomic mass is 16.5. The summed E-state index contributed by atoms with van der Waals surface area (Å²) in [5.74, 6) is 0.623. The summed E-state index contributed by atoms with van der Waals surface area (Å²) in [5, 5.41) is 44.2. The van der Waals surface area contributed by atoms with Gasteiger partial charge < -0.3 is 24.8 Å². The Morgan fingerprint density at radius 2 is 1.69 bits per heavy atom. The molecule has 0 bridgehead atoms. The average molecular weight is 812 g/mol. The van der Waals surface area contributed by atoms with Crippen molar-refractivity contribution in [1.29, 1.82) is 5.26 Å². The van der Waals surface area contributed by atoms with E-state index in [9.17, 15) is 29.9 Å². The van der Waals surface area contributed by atoms with E-state index >= 15 is 0 Å². The number of nitrogens with zero attached hydrogens (tertiary/aromatic N) is 6. The lowest BCUT2D eigenvalue weighted by molar-refractivity contribution is -0.235. The first-order valence-corrected chi connectivity index (χ1v) is 21.8. The van der Waals surface area contributed by atoms with Gasteiger partial charge in [0.2, 0.25) is 5.82 Å². The predicted molar refractivity (Wildman–Crippen MR) is 220 cm³/mol. The zero-order chi connectivity index (χ0) is 43.1. The highest BCUT2D eigenvalue weighted by Gasteiger charge is 2.71. The number of aliphatic carboxylic acids is 1. The molecule has 59 heavy (non-hydrogen) atoms. The minimum Gasteiger partial charge on any atom is -0.481 e. The predicted octanol–water partition coefficient (Wildman–Crippen LogP) is 7.25. The number of carboxylic acids is 1. The summed E-state index contributed by atoms with van der Waals surface area (Å²) in [4.78, 5) is 48.2. The van der Waals surface area contributed by atoms with Crippen LogP contribution in [0.4, 0.5) is 0 Å². The number of hydrogen-bond donors (Lipinski definition) is 3. The van der Waals surface area contributed by atoms with Crippen molar-refractivity contribution in [2.24, 2.45) is 56.2 Å². The molecule has 0 saturated heterocycles. The number of rotatable bonds is 11. The lowest BCUT2D eigenvalue weighted by atomic mass is 9.33. The molecule has 9 atom stereocenters. The van der Waals surface area contributed by atoms with E-state index in [1.807, 2.05) is 11.6 Å². The second-order valence-corrected chi connectivity index (χ2v) is 21.0. The van der Waals surface area contributed by atoms with Crippen LogP contribution in [0.1, 0.15) is 144 Å². The monoisotopic (exact) mass is 811 g/mol. The summed E-state index contributed by atoms with van der Waals surface area (Å²) in [6.45, 7) is 20.4. The molecular weight excluding hydrogens is 747 g/mol. The molecular formula is C46H65N7O6. The Bertz CT molecular complexity index is 2080. The molecule has 4 fully saturated rings. The number of carboxylic acid groups (broad SMARTS) is 1. The SMILES string of the molecule is CNCCn1c(-c2ncc(C#N)cn2)nnc1[C@H](O)[C@@]12CC[C@]3(C)[C@H](CC[C@@H]4[C@@]5(C)CC[C@H](OC(=O)CC(C)(C)C(=O)O)C(C)(C)[C@@H]5CC[C@]43C)C1=C(C(C)C)C(=O)C2. The largest absolute Gasteiger partial charge is 0.481 e. The fourth-order valence-electron chi connectivity index (χ4n) is 13.7. The molecule has 5 aliphatic rings. The van der Waals surface area contributed by atoms with E-state index in [4.69, 9.17) is 4.74 Å². The van der Waals surface area contributed by atoms with Gasteiger partial charge in [-0.3, -0.25) is 14.4 Å². The fourth-order valence-corrected chi connectivity index (χ4v) is 13.7. The number of ether oxygens (including phenoxy) is 1. The van der Waals surface area contributed by atoms with Crippen molar-refractivity contribution < 1.29 is 29.3 Å². The number of carbonyl (C=O) groups is 3. The van der Waals surface area contributed by atoms with E-state index in [1.165, 1.54) is 12.4 Å². The number of ketones is 1. The van der Waals surface area contributed by atoms with E-state index in [-0.39, 0.29) is 58.2 Å². The zero-order valence-corrected chi connectivity index (χ0v) is 36.8. The van der Waals surface area contributed by atoms with Crippen LogP contribution in [0.15, 0.2) is 23.5 Å². The fraction of sp³-hybridized carbons (Fsp3) is 0.739. The van der Waals surface area contributed by atoms with Gasteiger partial charge in [0, 0.05) is 42.7 Å². The van der Waals surface area contributed by atoms with Crippen molar-refractivity contribution in [3.63, 3.8) is 0 Å².